The molecule has 0 N–H and O–H groups in total. The van der Waals surface area contributed by atoms with Gasteiger partial charge in [-0.25, -0.2) is 4.39 Å². The topological polar surface area (TPSA) is 0 Å². The van der Waals surface area contributed by atoms with Crippen molar-refractivity contribution in [1.29, 1.82) is 0 Å². The summed E-state index contributed by atoms with van der Waals surface area (Å²) in [7, 11) is 0. The van der Waals surface area contributed by atoms with Crippen molar-refractivity contribution in [3.8, 4) is 0 Å². The van der Waals surface area contributed by atoms with Crippen molar-refractivity contribution in [2.45, 2.75) is 5.92 Å². The second kappa shape index (κ2) is 1.90. The van der Waals surface area contributed by atoms with Crippen LogP contribution in [0.15, 0.2) is 24.1 Å². The Kier molecular flexibility index (Phi) is 1.35. The summed E-state index contributed by atoms with van der Waals surface area (Å²) in [5.74, 6) is -3.98. The van der Waals surface area contributed by atoms with E-state index in [1.807, 2.05) is 0 Å². The Hall–Kier alpha value is -0.730. The van der Waals surface area contributed by atoms with E-state index in [1.165, 1.54) is 0 Å². The SMILES string of the molecule is FC1=CC(F)(F)C=C[CH]1. The molecular weight excluding hydrogens is 129 g/mol. The number of hydrogen-bond donors (Lipinski definition) is 0. The fraction of sp³-hybridized carbons (Fsp3) is 0.167. The molecule has 0 amide bonds. The molecule has 1 rings (SSSR count). The van der Waals surface area contributed by atoms with E-state index in [4.69, 9.17) is 0 Å². The van der Waals surface area contributed by atoms with Crippen LogP contribution in [0.5, 0.6) is 0 Å². The van der Waals surface area contributed by atoms with Crippen molar-refractivity contribution in [2.24, 2.45) is 0 Å². The van der Waals surface area contributed by atoms with Gasteiger partial charge in [0.2, 0.25) is 0 Å². The highest BCUT2D eigenvalue weighted by molar-refractivity contribution is 5.27. The lowest BCUT2D eigenvalue weighted by molar-refractivity contribution is 0.107. The molecule has 0 bridgehead atoms. The average Bonchev–Trinajstić information content (AvgIpc) is 1.60. The smallest absolute Gasteiger partial charge is 0.211 e. The van der Waals surface area contributed by atoms with Gasteiger partial charge >= 0.3 is 0 Å². The Morgan fingerprint density at radius 3 is 2.33 bits per heavy atom. The van der Waals surface area contributed by atoms with Crippen molar-refractivity contribution in [3.63, 3.8) is 0 Å². The van der Waals surface area contributed by atoms with E-state index in [9.17, 15) is 13.2 Å². The molecule has 1 aliphatic rings. The summed E-state index contributed by atoms with van der Waals surface area (Å²) in [6.07, 6.45) is 2.88. The number of rotatable bonds is 0. The van der Waals surface area contributed by atoms with Gasteiger partial charge in [0.15, 0.2) is 0 Å². The van der Waals surface area contributed by atoms with Crippen LogP contribution in [0.25, 0.3) is 0 Å². The molecule has 0 aliphatic heterocycles. The minimum absolute atomic E-state index is 0.271. The summed E-state index contributed by atoms with van der Waals surface area (Å²) in [6.45, 7) is 0. The van der Waals surface area contributed by atoms with Crippen molar-refractivity contribution in [1.82, 2.24) is 0 Å². The summed E-state index contributed by atoms with van der Waals surface area (Å²) in [5.41, 5.74) is 0. The first-order valence-electron chi connectivity index (χ1n) is 2.39. The number of alkyl halides is 2. The molecule has 0 heterocycles. The monoisotopic (exact) mass is 133 g/mol. The predicted octanol–water partition coefficient (Wildman–Crippen LogP) is 2.25. The highest BCUT2D eigenvalue weighted by Crippen LogP contribution is 2.24. The van der Waals surface area contributed by atoms with Gasteiger partial charge in [-0.2, -0.15) is 8.78 Å². The van der Waals surface area contributed by atoms with Crippen LogP contribution < -0.4 is 0 Å². The third-order valence-electron chi connectivity index (χ3n) is 0.904. The Labute approximate surface area is 50.7 Å². The van der Waals surface area contributed by atoms with E-state index in [0.717, 1.165) is 12.5 Å². The third-order valence-corrected chi connectivity index (χ3v) is 0.904. The van der Waals surface area contributed by atoms with Crippen LogP contribution in [0.4, 0.5) is 13.2 Å². The number of halogens is 3. The zero-order chi connectivity index (χ0) is 6.91. The summed E-state index contributed by atoms with van der Waals surface area (Å²) >= 11 is 0. The predicted molar refractivity (Wildman–Crippen MR) is 27.6 cm³/mol. The minimum Gasteiger partial charge on any atom is -0.211 e. The van der Waals surface area contributed by atoms with Gasteiger partial charge in [-0.3, -0.25) is 0 Å². The van der Waals surface area contributed by atoms with Gasteiger partial charge in [-0.15, -0.1) is 0 Å². The molecule has 0 atom stereocenters. The molecule has 0 aromatic carbocycles. The molecule has 0 saturated carbocycles. The lowest BCUT2D eigenvalue weighted by Gasteiger charge is -2.08. The molecule has 9 heavy (non-hydrogen) atoms. The molecule has 0 unspecified atom stereocenters. The second-order valence-corrected chi connectivity index (χ2v) is 1.73. The van der Waals surface area contributed by atoms with Crippen LogP contribution in [0, 0.1) is 6.42 Å². The van der Waals surface area contributed by atoms with E-state index in [0.29, 0.717) is 6.08 Å². The average molecular weight is 133 g/mol. The first-order valence-corrected chi connectivity index (χ1v) is 2.39. The van der Waals surface area contributed by atoms with Crippen molar-refractivity contribution < 1.29 is 13.2 Å². The van der Waals surface area contributed by atoms with Crippen LogP contribution in [0.1, 0.15) is 0 Å². The Balaban J connectivity index is 2.78. The highest BCUT2D eigenvalue weighted by Gasteiger charge is 2.25. The van der Waals surface area contributed by atoms with E-state index in [1.54, 1.807) is 0 Å². The van der Waals surface area contributed by atoms with Crippen LogP contribution in [0.3, 0.4) is 0 Å². The molecule has 49 valence electrons. The zero-order valence-electron chi connectivity index (χ0n) is 4.44. The van der Waals surface area contributed by atoms with E-state index in [2.05, 4.69) is 0 Å². The second-order valence-electron chi connectivity index (χ2n) is 1.73. The van der Waals surface area contributed by atoms with Crippen molar-refractivity contribution >= 4 is 0 Å². The molecule has 0 aromatic heterocycles. The third kappa shape index (κ3) is 1.59. The van der Waals surface area contributed by atoms with Gasteiger partial charge in [-0.1, -0.05) is 6.08 Å². The first-order chi connectivity index (χ1) is 4.10. The van der Waals surface area contributed by atoms with E-state index >= 15 is 0 Å². The molecule has 0 aromatic rings. The van der Waals surface area contributed by atoms with Crippen LogP contribution in [-0.4, -0.2) is 5.92 Å². The van der Waals surface area contributed by atoms with E-state index in [-0.39, 0.29) is 6.08 Å². The molecule has 0 saturated heterocycles. The molecule has 3 heteroatoms. The summed E-state index contributed by atoms with van der Waals surface area (Å²) < 4.78 is 36.0. The summed E-state index contributed by atoms with van der Waals surface area (Å²) in [4.78, 5) is 0. The zero-order valence-corrected chi connectivity index (χ0v) is 4.44. The number of hydrogen-bond acceptors (Lipinski definition) is 0. The molecule has 0 spiro atoms. The minimum atomic E-state index is -3.10. The van der Waals surface area contributed by atoms with Gasteiger partial charge in [0.25, 0.3) is 5.92 Å². The molecule has 0 fully saturated rings. The lowest BCUT2D eigenvalue weighted by Crippen LogP contribution is -2.10. The lowest BCUT2D eigenvalue weighted by atomic mass is 10.1. The maximum Gasteiger partial charge on any atom is 0.287 e. The van der Waals surface area contributed by atoms with Crippen molar-refractivity contribution in [2.75, 3.05) is 0 Å². The normalized spacial score (nSPS) is 23.7. The Morgan fingerprint density at radius 2 is 2.00 bits per heavy atom. The maximum absolute atomic E-state index is 12.0. The molecule has 1 aliphatic carbocycles. The fourth-order valence-corrected chi connectivity index (χ4v) is 0.548. The van der Waals surface area contributed by atoms with Gasteiger partial charge < -0.3 is 0 Å². The number of allylic oxidation sites excluding steroid dienone is 4. The maximum atomic E-state index is 12.0. The molecular formula is C6H4F3. The quantitative estimate of drug-likeness (QED) is 0.475. The van der Waals surface area contributed by atoms with Gasteiger partial charge in [0.1, 0.15) is 5.83 Å². The molecule has 0 nitrogen and oxygen atoms in total. The van der Waals surface area contributed by atoms with Gasteiger partial charge in [0.05, 0.1) is 0 Å². The largest absolute Gasteiger partial charge is 0.287 e. The fourth-order valence-electron chi connectivity index (χ4n) is 0.548. The highest BCUT2D eigenvalue weighted by atomic mass is 19.3. The molecule has 1 radical (unpaired) electrons. The van der Waals surface area contributed by atoms with Crippen molar-refractivity contribution in [3.05, 3.63) is 30.5 Å². The standard InChI is InChI=1S/C6H4F3/c7-5-2-1-3-6(8,9)4-5/h1-4H. The van der Waals surface area contributed by atoms with Crippen LogP contribution in [-0.2, 0) is 0 Å². The Morgan fingerprint density at radius 1 is 1.33 bits per heavy atom. The van der Waals surface area contributed by atoms with Crippen LogP contribution >= 0.6 is 0 Å². The summed E-state index contributed by atoms with van der Waals surface area (Å²) in [6, 6.07) is 0. The summed E-state index contributed by atoms with van der Waals surface area (Å²) in [5, 5.41) is 0. The Bertz CT molecular complexity index is 167. The van der Waals surface area contributed by atoms with Crippen LogP contribution in [0.2, 0.25) is 0 Å². The first kappa shape index (κ1) is 6.39. The van der Waals surface area contributed by atoms with Gasteiger partial charge in [0, 0.05) is 12.5 Å². The van der Waals surface area contributed by atoms with E-state index < -0.39 is 11.7 Å². The van der Waals surface area contributed by atoms with Gasteiger partial charge in [-0.05, 0) is 6.08 Å².